The Balaban J connectivity index is 2.39. The van der Waals surface area contributed by atoms with Gasteiger partial charge >= 0.3 is 0 Å². The molecule has 0 bridgehead atoms. The molecular formula is C14H23NS. The molecule has 0 aliphatic carbocycles. The fourth-order valence-electron chi connectivity index (χ4n) is 1.66. The normalized spacial score (nSPS) is 14.8. The molecular weight excluding hydrogens is 214 g/mol. The molecule has 0 heterocycles. The Labute approximate surface area is 104 Å². The van der Waals surface area contributed by atoms with E-state index >= 15 is 0 Å². The van der Waals surface area contributed by atoms with Crippen LogP contribution in [-0.2, 0) is 5.75 Å². The van der Waals surface area contributed by atoms with Crippen molar-refractivity contribution in [2.45, 2.75) is 44.7 Å². The first-order valence-electron chi connectivity index (χ1n) is 6.04. The third-order valence-electron chi connectivity index (χ3n) is 2.83. The Hall–Kier alpha value is -0.470. The topological polar surface area (TPSA) is 12.0 Å². The number of benzene rings is 1. The third-order valence-corrected chi connectivity index (χ3v) is 4.26. The SMILES string of the molecule is CCNC(C)C(C)SCc1cccc(C)c1. The summed E-state index contributed by atoms with van der Waals surface area (Å²) in [7, 11) is 0. The molecule has 0 saturated heterocycles. The molecule has 0 spiro atoms. The van der Waals surface area contributed by atoms with E-state index < -0.39 is 0 Å². The number of hydrogen-bond donors (Lipinski definition) is 1. The molecule has 0 saturated carbocycles. The van der Waals surface area contributed by atoms with Crippen molar-refractivity contribution in [1.29, 1.82) is 0 Å². The maximum atomic E-state index is 3.47. The van der Waals surface area contributed by atoms with Crippen LogP contribution in [-0.4, -0.2) is 17.8 Å². The number of thioether (sulfide) groups is 1. The van der Waals surface area contributed by atoms with Crippen LogP contribution in [0.25, 0.3) is 0 Å². The summed E-state index contributed by atoms with van der Waals surface area (Å²) in [6.45, 7) is 9.93. The molecule has 1 N–H and O–H groups in total. The van der Waals surface area contributed by atoms with Gasteiger partial charge in [0.15, 0.2) is 0 Å². The van der Waals surface area contributed by atoms with Crippen LogP contribution in [0.2, 0.25) is 0 Å². The second kappa shape index (κ2) is 6.97. The minimum Gasteiger partial charge on any atom is -0.313 e. The molecule has 2 unspecified atom stereocenters. The Morgan fingerprint density at radius 3 is 2.69 bits per heavy atom. The van der Waals surface area contributed by atoms with E-state index in [1.54, 1.807) is 0 Å². The number of nitrogens with one attached hydrogen (secondary N) is 1. The zero-order valence-corrected chi connectivity index (χ0v) is 11.6. The van der Waals surface area contributed by atoms with Gasteiger partial charge in [0, 0.05) is 17.0 Å². The average Bonchev–Trinajstić information content (AvgIpc) is 2.26. The van der Waals surface area contributed by atoms with Gasteiger partial charge in [-0.1, -0.05) is 43.7 Å². The van der Waals surface area contributed by atoms with Crippen molar-refractivity contribution in [2.75, 3.05) is 6.54 Å². The molecule has 2 heteroatoms. The van der Waals surface area contributed by atoms with Gasteiger partial charge in [-0.3, -0.25) is 0 Å². The van der Waals surface area contributed by atoms with Crippen molar-refractivity contribution < 1.29 is 0 Å². The summed E-state index contributed by atoms with van der Waals surface area (Å²) < 4.78 is 0. The Morgan fingerprint density at radius 1 is 1.31 bits per heavy atom. The Morgan fingerprint density at radius 2 is 2.06 bits per heavy atom. The Kier molecular flexibility index (Phi) is 5.93. The Bertz CT molecular complexity index is 311. The molecule has 1 aromatic rings. The van der Waals surface area contributed by atoms with Crippen LogP contribution >= 0.6 is 11.8 Å². The summed E-state index contributed by atoms with van der Waals surface area (Å²) in [5.74, 6) is 1.11. The van der Waals surface area contributed by atoms with Crippen molar-refractivity contribution in [3.8, 4) is 0 Å². The zero-order chi connectivity index (χ0) is 12.0. The first-order chi connectivity index (χ1) is 7.63. The highest BCUT2D eigenvalue weighted by Gasteiger charge is 2.10. The first kappa shape index (κ1) is 13.6. The molecule has 0 radical (unpaired) electrons. The summed E-state index contributed by atoms with van der Waals surface area (Å²) >= 11 is 2.02. The molecule has 2 atom stereocenters. The van der Waals surface area contributed by atoms with Crippen molar-refractivity contribution in [3.05, 3.63) is 35.4 Å². The summed E-state index contributed by atoms with van der Waals surface area (Å²) in [6.07, 6.45) is 0. The minimum absolute atomic E-state index is 0.583. The fourth-order valence-corrected chi connectivity index (χ4v) is 2.68. The number of rotatable bonds is 6. The van der Waals surface area contributed by atoms with E-state index in [0.717, 1.165) is 12.3 Å². The quantitative estimate of drug-likeness (QED) is 0.811. The summed E-state index contributed by atoms with van der Waals surface area (Å²) in [5, 5.41) is 4.13. The lowest BCUT2D eigenvalue weighted by Crippen LogP contribution is -2.33. The van der Waals surface area contributed by atoms with Gasteiger partial charge in [-0.05, 0) is 26.0 Å². The first-order valence-corrected chi connectivity index (χ1v) is 7.09. The van der Waals surface area contributed by atoms with Crippen molar-refractivity contribution in [1.82, 2.24) is 5.32 Å². The van der Waals surface area contributed by atoms with E-state index in [4.69, 9.17) is 0 Å². The van der Waals surface area contributed by atoms with Crippen molar-refractivity contribution in [2.24, 2.45) is 0 Å². The van der Waals surface area contributed by atoms with E-state index in [9.17, 15) is 0 Å². The summed E-state index contributed by atoms with van der Waals surface area (Å²) in [6, 6.07) is 9.37. The van der Waals surface area contributed by atoms with Crippen molar-refractivity contribution >= 4 is 11.8 Å². The smallest absolute Gasteiger partial charge is 0.0187 e. The van der Waals surface area contributed by atoms with E-state index in [-0.39, 0.29) is 0 Å². The molecule has 0 fully saturated rings. The second-order valence-electron chi connectivity index (χ2n) is 4.35. The minimum atomic E-state index is 0.583. The van der Waals surface area contributed by atoms with Gasteiger partial charge in [0.25, 0.3) is 0 Å². The van der Waals surface area contributed by atoms with Crippen LogP contribution in [0.1, 0.15) is 31.9 Å². The maximum Gasteiger partial charge on any atom is 0.0187 e. The molecule has 0 aromatic heterocycles. The lowest BCUT2D eigenvalue weighted by Gasteiger charge is -2.20. The van der Waals surface area contributed by atoms with Crippen LogP contribution < -0.4 is 5.32 Å². The lowest BCUT2D eigenvalue weighted by atomic mass is 10.2. The van der Waals surface area contributed by atoms with Gasteiger partial charge in [0.05, 0.1) is 0 Å². The van der Waals surface area contributed by atoms with Gasteiger partial charge in [-0.2, -0.15) is 11.8 Å². The molecule has 1 rings (SSSR count). The van der Waals surface area contributed by atoms with Gasteiger partial charge in [-0.25, -0.2) is 0 Å². The number of aryl methyl sites for hydroxylation is 1. The highest BCUT2D eigenvalue weighted by molar-refractivity contribution is 7.99. The molecule has 1 aromatic carbocycles. The molecule has 0 amide bonds. The largest absolute Gasteiger partial charge is 0.313 e. The van der Waals surface area contributed by atoms with Gasteiger partial charge in [0.2, 0.25) is 0 Å². The predicted molar refractivity (Wildman–Crippen MR) is 75.1 cm³/mol. The van der Waals surface area contributed by atoms with E-state index in [1.807, 2.05) is 11.8 Å². The molecule has 1 nitrogen and oxygen atoms in total. The van der Waals surface area contributed by atoms with Crippen LogP contribution in [0.15, 0.2) is 24.3 Å². The molecule has 0 aliphatic heterocycles. The molecule has 90 valence electrons. The fraction of sp³-hybridized carbons (Fsp3) is 0.571. The summed E-state index contributed by atoms with van der Waals surface area (Å²) in [4.78, 5) is 0. The number of hydrogen-bond acceptors (Lipinski definition) is 2. The standard InChI is InChI=1S/C14H23NS/c1-5-15-12(3)13(4)16-10-14-8-6-7-11(2)9-14/h6-9,12-13,15H,5,10H2,1-4H3. The highest BCUT2D eigenvalue weighted by atomic mass is 32.2. The maximum absolute atomic E-state index is 3.47. The van der Waals surface area contributed by atoms with Crippen LogP contribution in [0, 0.1) is 6.92 Å². The monoisotopic (exact) mass is 237 g/mol. The van der Waals surface area contributed by atoms with E-state index in [2.05, 4.69) is 57.3 Å². The second-order valence-corrected chi connectivity index (χ2v) is 5.72. The molecule has 0 aliphatic rings. The van der Waals surface area contributed by atoms with Crippen molar-refractivity contribution in [3.63, 3.8) is 0 Å². The molecule has 16 heavy (non-hydrogen) atoms. The zero-order valence-electron chi connectivity index (χ0n) is 10.8. The third kappa shape index (κ3) is 4.58. The van der Waals surface area contributed by atoms with Crippen LogP contribution in [0.3, 0.4) is 0 Å². The van der Waals surface area contributed by atoms with E-state index in [0.29, 0.717) is 11.3 Å². The summed E-state index contributed by atoms with van der Waals surface area (Å²) in [5.41, 5.74) is 2.78. The van der Waals surface area contributed by atoms with Crippen LogP contribution in [0.4, 0.5) is 0 Å². The average molecular weight is 237 g/mol. The van der Waals surface area contributed by atoms with E-state index in [1.165, 1.54) is 11.1 Å². The van der Waals surface area contributed by atoms with Crippen LogP contribution in [0.5, 0.6) is 0 Å². The van der Waals surface area contributed by atoms with Gasteiger partial charge in [0.1, 0.15) is 0 Å². The predicted octanol–water partition coefficient (Wildman–Crippen LogP) is 3.61. The van der Waals surface area contributed by atoms with Gasteiger partial charge in [-0.15, -0.1) is 0 Å². The highest BCUT2D eigenvalue weighted by Crippen LogP contribution is 2.20. The lowest BCUT2D eigenvalue weighted by molar-refractivity contribution is 0.563. The van der Waals surface area contributed by atoms with Gasteiger partial charge < -0.3 is 5.32 Å².